The van der Waals surface area contributed by atoms with Gasteiger partial charge in [-0.3, -0.25) is 9.89 Å². The highest BCUT2D eigenvalue weighted by molar-refractivity contribution is 5.79. The lowest BCUT2D eigenvalue weighted by Crippen LogP contribution is -2.41. The number of nitrogens with zero attached hydrogens (tertiary/aromatic N) is 2. The molecule has 0 amide bonds. The van der Waals surface area contributed by atoms with Crippen LogP contribution in [0.3, 0.4) is 0 Å². The van der Waals surface area contributed by atoms with E-state index in [-0.39, 0.29) is 6.04 Å². The minimum atomic E-state index is 0.266. The summed E-state index contributed by atoms with van der Waals surface area (Å²) in [5.74, 6) is 3.27. The van der Waals surface area contributed by atoms with Gasteiger partial charge in [0.1, 0.15) is 11.5 Å². The molecule has 1 aromatic carbocycles. The van der Waals surface area contributed by atoms with Crippen molar-refractivity contribution in [2.24, 2.45) is 10.9 Å². The summed E-state index contributed by atoms with van der Waals surface area (Å²) in [5, 5.41) is 7.04. The van der Waals surface area contributed by atoms with Crippen molar-refractivity contribution in [3.8, 4) is 5.75 Å². The Bertz CT molecular complexity index is 810. The predicted octanol–water partition coefficient (Wildman–Crippen LogP) is 3.24. The summed E-state index contributed by atoms with van der Waals surface area (Å²) < 4.78 is 16.3. The first-order chi connectivity index (χ1) is 15.8. The van der Waals surface area contributed by atoms with Crippen molar-refractivity contribution in [3.05, 3.63) is 54.0 Å². The smallest absolute Gasteiger partial charge is 0.191 e. The number of rotatable bonds is 10. The van der Waals surface area contributed by atoms with Crippen LogP contribution in [0.1, 0.15) is 36.6 Å². The lowest BCUT2D eigenvalue weighted by molar-refractivity contribution is 0.186. The monoisotopic (exact) mass is 440 g/mol. The lowest BCUT2D eigenvalue weighted by Gasteiger charge is -2.27. The SMILES string of the molecule is COc1ccc(C(CN=C(NCCc2ccco2)NCC2CCOC2)N2CCCC2)cc1. The quantitative estimate of drug-likeness (QED) is 0.437. The molecule has 2 aliphatic rings. The highest BCUT2D eigenvalue weighted by Gasteiger charge is 2.24. The van der Waals surface area contributed by atoms with Crippen LogP contribution in [0.5, 0.6) is 5.75 Å². The van der Waals surface area contributed by atoms with E-state index in [1.807, 2.05) is 24.3 Å². The summed E-state index contributed by atoms with van der Waals surface area (Å²) in [6, 6.07) is 12.6. The molecular weight excluding hydrogens is 404 g/mol. The third-order valence-electron chi connectivity index (χ3n) is 6.33. The second-order valence-electron chi connectivity index (χ2n) is 8.59. The third kappa shape index (κ3) is 6.50. The average Bonchev–Trinajstić information content (AvgIpc) is 3.61. The number of hydrogen-bond donors (Lipinski definition) is 2. The zero-order chi connectivity index (χ0) is 22.0. The van der Waals surface area contributed by atoms with Gasteiger partial charge in [0.2, 0.25) is 0 Å². The van der Waals surface area contributed by atoms with Crippen LogP contribution in [0.2, 0.25) is 0 Å². The summed E-state index contributed by atoms with van der Waals surface area (Å²) in [6.45, 7) is 6.30. The first-order valence-corrected chi connectivity index (χ1v) is 11.8. The number of aliphatic imine (C=N–C) groups is 1. The Kier molecular flexibility index (Phi) is 8.45. The van der Waals surface area contributed by atoms with Crippen LogP contribution < -0.4 is 15.4 Å². The van der Waals surface area contributed by atoms with Gasteiger partial charge in [-0.2, -0.15) is 0 Å². The summed E-state index contributed by atoms with van der Waals surface area (Å²) in [7, 11) is 1.71. The van der Waals surface area contributed by atoms with E-state index in [0.29, 0.717) is 12.5 Å². The van der Waals surface area contributed by atoms with Crippen molar-refractivity contribution in [2.45, 2.75) is 31.7 Å². The number of nitrogens with one attached hydrogen (secondary N) is 2. The number of hydrogen-bond acceptors (Lipinski definition) is 5. The topological polar surface area (TPSA) is 71.3 Å². The molecule has 2 unspecified atom stereocenters. The predicted molar refractivity (Wildman–Crippen MR) is 126 cm³/mol. The van der Waals surface area contributed by atoms with Crippen LogP contribution in [0.15, 0.2) is 52.1 Å². The molecule has 2 N–H and O–H groups in total. The average molecular weight is 441 g/mol. The third-order valence-corrected chi connectivity index (χ3v) is 6.33. The molecule has 0 spiro atoms. The van der Waals surface area contributed by atoms with E-state index in [1.54, 1.807) is 13.4 Å². The molecule has 7 nitrogen and oxygen atoms in total. The summed E-state index contributed by atoms with van der Waals surface area (Å²) in [4.78, 5) is 7.57. The highest BCUT2D eigenvalue weighted by Crippen LogP contribution is 2.27. The van der Waals surface area contributed by atoms with E-state index in [2.05, 4.69) is 27.7 Å². The van der Waals surface area contributed by atoms with Crippen molar-refractivity contribution in [2.75, 3.05) is 53.0 Å². The highest BCUT2D eigenvalue weighted by atomic mass is 16.5. The Morgan fingerprint density at radius 3 is 2.72 bits per heavy atom. The molecule has 0 saturated carbocycles. The molecule has 4 rings (SSSR count). The van der Waals surface area contributed by atoms with Gasteiger partial charge in [-0.25, -0.2) is 0 Å². The Morgan fingerprint density at radius 1 is 1.19 bits per heavy atom. The van der Waals surface area contributed by atoms with Gasteiger partial charge < -0.3 is 24.5 Å². The lowest BCUT2D eigenvalue weighted by atomic mass is 10.1. The normalized spacial score (nSPS) is 20.4. The van der Waals surface area contributed by atoms with Gasteiger partial charge in [-0.15, -0.1) is 0 Å². The van der Waals surface area contributed by atoms with Gasteiger partial charge >= 0.3 is 0 Å². The van der Waals surface area contributed by atoms with E-state index < -0.39 is 0 Å². The molecule has 0 aliphatic carbocycles. The largest absolute Gasteiger partial charge is 0.497 e. The fourth-order valence-corrected chi connectivity index (χ4v) is 4.41. The number of furan rings is 1. The number of likely N-dealkylation sites (tertiary alicyclic amines) is 1. The Labute approximate surface area is 191 Å². The number of benzene rings is 1. The summed E-state index contributed by atoms with van der Waals surface area (Å²) >= 11 is 0. The minimum Gasteiger partial charge on any atom is -0.497 e. The first-order valence-electron chi connectivity index (χ1n) is 11.8. The molecule has 174 valence electrons. The standard InChI is InChI=1S/C25H36N4O3/c1-30-22-8-6-21(7-9-22)24(29-13-2-3-14-29)18-28-25(27-17-20-11-16-31-19-20)26-12-10-23-5-4-15-32-23/h4-9,15,20,24H,2-3,10-14,16-19H2,1H3,(H2,26,27,28). The van der Waals surface area contributed by atoms with E-state index in [1.165, 1.54) is 18.4 Å². The second kappa shape index (κ2) is 11.9. The maximum Gasteiger partial charge on any atom is 0.191 e. The number of guanidine groups is 1. The van der Waals surface area contributed by atoms with Gasteiger partial charge in [-0.05, 0) is 62.2 Å². The van der Waals surface area contributed by atoms with Gasteiger partial charge in [-0.1, -0.05) is 12.1 Å². The minimum absolute atomic E-state index is 0.266. The van der Waals surface area contributed by atoms with Gasteiger partial charge in [0.25, 0.3) is 0 Å². The maximum atomic E-state index is 5.53. The van der Waals surface area contributed by atoms with Crippen molar-refractivity contribution >= 4 is 5.96 Å². The van der Waals surface area contributed by atoms with Crippen molar-refractivity contribution in [1.82, 2.24) is 15.5 Å². The molecule has 3 heterocycles. The van der Waals surface area contributed by atoms with Crippen LogP contribution in [0, 0.1) is 5.92 Å². The second-order valence-corrected chi connectivity index (χ2v) is 8.59. The van der Waals surface area contributed by atoms with E-state index in [0.717, 1.165) is 69.7 Å². The molecule has 7 heteroatoms. The molecule has 32 heavy (non-hydrogen) atoms. The van der Waals surface area contributed by atoms with E-state index in [4.69, 9.17) is 18.9 Å². The van der Waals surface area contributed by atoms with E-state index >= 15 is 0 Å². The molecule has 2 aromatic rings. The zero-order valence-corrected chi connectivity index (χ0v) is 19.1. The first kappa shape index (κ1) is 22.7. The van der Waals surface area contributed by atoms with Crippen LogP contribution in [0.25, 0.3) is 0 Å². The molecule has 2 fully saturated rings. The molecule has 1 aromatic heterocycles. The van der Waals surface area contributed by atoms with Crippen molar-refractivity contribution < 1.29 is 13.9 Å². The molecule has 0 radical (unpaired) electrons. The van der Waals surface area contributed by atoms with Crippen molar-refractivity contribution in [1.29, 1.82) is 0 Å². The number of ether oxygens (including phenoxy) is 2. The van der Waals surface area contributed by atoms with Crippen LogP contribution >= 0.6 is 0 Å². The van der Waals surface area contributed by atoms with Crippen LogP contribution in [0.4, 0.5) is 0 Å². The van der Waals surface area contributed by atoms with Gasteiger partial charge in [0.05, 0.1) is 32.6 Å². The molecule has 2 aliphatic heterocycles. The van der Waals surface area contributed by atoms with Crippen LogP contribution in [-0.2, 0) is 11.2 Å². The van der Waals surface area contributed by atoms with E-state index in [9.17, 15) is 0 Å². The van der Waals surface area contributed by atoms with Crippen molar-refractivity contribution in [3.63, 3.8) is 0 Å². The summed E-state index contributed by atoms with van der Waals surface area (Å²) in [6.07, 6.45) is 6.16. The fraction of sp³-hybridized carbons (Fsp3) is 0.560. The summed E-state index contributed by atoms with van der Waals surface area (Å²) in [5.41, 5.74) is 1.29. The zero-order valence-electron chi connectivity index (χ0n) is 19.1. The fourth-order valence-electron chi connectivity index (χ4n) is 4.41. The molecular formula is C25H36N4O3. The van der Waals surface area contributed by atoms with Crippen LogP contribution in [-0.4, -0.2) is 63.9 Å². The molecule has 2 atom stereocenters. The Morgan fingerprint density at radius 2 is 2.03 bits per heavy atom. The molecule has 2 saturated heterocycles. The van der Waals surface area contributed by atoms with Gasteiger partial charge in [0.15, 0.2) is 5.96 Å². The Balaban J connectivity index is 1.42. The molecule has 0 bridgehead atoms. The Hall–Kier alpha value is -2.51. The number of methoxy groups -OCH3 is 1. The maximum absolute atomic E-state index is 5.53. The van der Waals surface area contributed by atoms with Gasteiger partial charge in [0, 0.05) is 32.0 Å².